The van der Waals surface area contributed by atoms with Crippen LogP contribution in [0.2, 0.25) is 0 Å². The average Bonchev–Trinajstić information content (AvgIpc) is 3.12. The molecule has 1 aliphatic heterocycles. The molecule has 2 unspecified atom stereocenters. The molecule has 2 aromatic rings. The molecule has 36 heavy (non-hydrogen) atoms. The van der Waals surface area contributed by atoms with Crippen LogP contribution in [0.3, 0.4) is 0 Å². The molecular weight excluding hydrogens is 597 g/mol. The van der Waals surface area contributed by atoms with Gasteiger partial charge in [-0.25, -0.2) is 9.29 Å². The number of nitrogen functional groups attached to an aromatic ring is 2. The molecule has 1 saturated heterocycles. The van der Waals surface area contributed by atoms with Crippen molar-refractivity contribution in [3.05, 3.63) is 6.33 Å². The Bertz CT molecular complexity index is 1170. The molecule has 0 bridgehead atoms. The summed E-state index contributed by atoms with van der Waals surface area (Å²) in [6.45, 7) is -1.10. The van der Waals surface area contributed by atoms with Crippen LogP contribution in [0.25, 0.3) is 11.2 Å². The topological polar surface area (TPSA) is 316 Å². The summed E-state index contributed by atoms with van der Waals surface area (Å²) < 4.78 is 50.2. The third kappa shape index (κ3) is 10.7. The minimum atomic E-state index is -6.15. The summed E-state index contributed by atoms with van der Waals surface area (Å²) in [6, 6.07) is 0. The second-order valence-electron chi connectivity index (χ2n) is 6.14. The number of aliphatic hydroxyl groups excluding tert-OH is 2. The van der Waals surface area contributed by atoms with Crippen LogP contribution in [0.5, 0.6) is 0 Å². The molecule has 3 heterocycles. The molecule has 0 amide bonds. The first-order valence-electron chi connectivity index (χ1n) is 8.07. The number of rotatable bonds is 8. The molecule has 2 aromatic heterocycles. The van der Waals surface area contributed by atoms with Crippen molar-refractivity contribution in [1.29, 1.82) is 0 Å². The van der Waals surface area contributed by atoms with Gasteiger partial charge in [0.1, 0.15) is 23.8 Å². The fourth-order valence-corrected chi connectivity index (χ4v) is 5.55. The quantitative estimate of drug-likeness (QED) is 0.159. The van der Waals surface area contributed by atoms with Gasteiger partial charge in [0, 0.05) is 0 Å². The summed E-state index contributed by atoms with van der Waals surface area (Å²) in [5, 5.41) is 20.4. The van der Waals surface area contributed by atoms with Gasteiger partial charge in [0.25, 0.3) is 15.6 Å². The molecule has 3 rings (SSSR count). The Morgan fingerprint density at radius 2 is 1.56 bits per heavy atom. The van der Waals surface area contributed by atoms with E-state index >= 15 is 0 Å². The fraction of sp³-hybridized carbons (Fsp3) is 0.500. The number of imidazole rings is 1. The Morgan fingerprint density at radius 3 is 2.11 bits per heavy atom. The van der Waals surface area contributed by atoms with E-state index in [-0.39, 0.29) is 141 Å². The maximum absolute atomic E-state index is 11.6. The third-order valence-corrected chi connectivity index (χ3v) is 7.54. The Hall–Kier alpha value is 2.44. The number of aliphatic hydroxyl groups is 2. The summed E-state index contributed by atoms with van der Waals surface area (Å²) in [6.07, 6.45) is -5.31. The van der Waals surface area contributed by atoms with Crippen molar-refractivity contribution >= 4 is 46.4 Å². The summed E-state index contributed by atoms with van der Waals surface area (Å²) >= 11 is 0. The van der Waals surface area contributed by atoms with E-state index in [0.29, 0.717) is 0 Å². The standard InChI is InChI=1S/C10H17N6O13P3.4Na/c11-7-4-8(15-10(12)14-7)16(2-13-4)9-6(18)5(17)3(27-9)1-26-31(22,23)29-32(24,25)28-30(19,20)21;;;;/h2-3,5-6,9,17-18H,1H2,(H,22,23)(H,24,25)(H2,19,20,21)(H4,11,12,14,15);;;;/q;4*+1/p-4/t3-,5-,6-,9-;;;;/m1..../s1. The predicted octanol–water partition coefficient (Wildman–Crippen LogP) is -16.6. The van der Waals surface area contributed by atoms with Crippen LogP contribution in [-0.2, 0) is 31.6 Å². The molecule has 0 aliphatic carbocycles. The molecule has 0 spiro atoms. The fourth-order valence-electron chi connectivity index (χ4n) is 2.69. The zero-order valence-corrected chi connectivity index (χ0v) is 29.9. The van der Waals surface area contributed by atoms with Gasteiger partial charge in [0.05, 0.1) is 20.8 Å². The molecule has 6 atom stereocenters. The molecule has 1 fully saturated rings. The predicted molar refractivity (Wildman–Crippen MR) is 91.0 cm³/mol. The normalized spacial score (nSPS) is 24.8. The first-order valence-corrected chi connectivity index (χ1v) is 12.5. The van der Waals surface area contributed by atoms with Gasteiger partial charge in [-0.05, 0) is 0 Å². The summed E-state index contributed by atoms with van der Waals surface area (Å²) in [5.41, 5.74) is 11.3. The molecule has 6 N–H and O–H groups in total. The van der Waals surface area contributed by atoms with E-state index < -0.39 is 54.6 Å². The molecular formula is C10H13N6Na4O13P3. The van der Waals surface area contributed by atoms with E-state index in [1.165, 1.54) is 0 Å². The summed E-state index contributed by atoms with van der Waals surface area (Å²) in [7, 11) is -18.1. The first kappa shape index (κ1) is 40.6. The van der Waals surface area contributed by atoms with Gasteiger partial charge in [-0.2, -0.15) is 9.97 Å². The average molecular weight is 610 g/mol. The van der Waals surface area contributed by atoms with E-state index in [2.05, 4.69) is 28.1 Å². The first-order chi connectivity index (χ1) is 14.6. The van der Waals surface area contributed by atoms with E-state index in [1.807, 2.05) is 0 Å². The number of ether oxygens (including phenoxy) is 1. The maximum atomic E-state index is 11.6. The van der Waals surface area contributed by atoms with Crippen molar-refractivity contribution in [3.8, 4) is 0 Å². The molecule has 26 heteroatoms. The summed E-state index contributed by atoms with van der Waals surface area (Å²) in [5.74, 6) is -0.326. The van der Waals surface area contributed by atoms with Crippen LogP contribution in [0, 0.1) is 0 Å². The number of fused-ring (bicyclic) bond motifs is 1. The van der Waals surface area contributed by atoms with Gasteiger partial charge in [-0.3, -0.25) is 18.0 Å². The number of nitrogens with two attached hydrogens (primary N) is 2. The Morgan fingerprint density at radius 1 is 0.972 bits per heavy atom. The number of phosphoric ester groups is 1. The molecule has 0 aromatic carbocycles. The van der Waals surface area contributed by atoms with E-state index in [0.717, 1.165) is 10.9 Å². The molecule has 19 nitrogen and oxygen atoms in total. The van der Waals surface area contributed by atoms with Gasteiger partial charge in [-0.15, -0.1) is 0 Å². The van der Waals surface area contributed by atoms with Gasteiger partial charge >= 0.3 is 118 Å². The van der Waals surface area contributed by atoms with Crippen LogP contribution in [-0.4, -0.2) is 54.7 Å². The van der Waals surface area contributed by atoms with Crippen LogP contribution in [0.1, 0.15) is 6.23 Å². The van der Waals surface area contributed by atoms with Gasteiger partial charge in [-0.1, -0.05) is 0 Å². The second kappa shape index (κ2) is 15.6. The van der Waals surface area contributed by atoms with Gasteiger partial charge in [0.2, 0.25) is 5.95 Å². The largest absolute Gasteiger partial charge is 1.00 e. The number of phosphoric acid groups is 3. The Balaban J connectivity index is 0. The van der Waals surface area contributed by atoms with Crippen molar-refractivity contribution in [2.75, 3.05) is 18.1 Å². The second-order valence-corrected chi connectivity index (χ2v) is 10.4. The van der Waals surface area contributed by atoms with Gasteiger partial charge in [0.15, 0.2) is 17.7 Å². The van der Waals surface area contributed by atoms with Crippen molar-refractivity contribution in [3.63, 3.8) is 0 Å². The minimum absolute atomic E-state index is 0. The number of hydrogen-bond acceptors (Lipinski definition) is 18. The zero-order valence-electron chi connectivity index (χ0n) is 19.3. The smallest absolute Gasteiger partial charge is 0.790 e. The Kier molecular flexibility index (Phi) is 17.6. The van der Waals surface area contributed by atoms with E-state index in [1.54, 1.807) is 0 Å². The van der Waals surface area contributed by atoms with E-state index in [9.17, 15) is 43.5 Å². The van der Waals surface area contributed by atoms with Gasteiger partial charge < -0.3 is 55.1 Å². The van der Waals surface area contributed by atoms with Crippen LogP contribution in [0.4, 0.5) is 11.8 Å². The zero-order chi connectivity index (χ0) is 24.1. The van der Waals surface area contributed by atoms with Crippen LogP contribution in [0.15, 0.2) is 6.33 Å². The third-order valence-electron chi connectivity index (χ3n) is 3.87. The number of nitrogens with zero attached hydrogens (tertiary/aromatic N) is 4. The van der Waals surface area contributed by atoms with Crippen molar-refractivity contribution in [2.24, 2.45) is 0 Å². The van der Waals surface area contributed by atoms with Crippen molar-refractivity contribution in [1.82, 2.24) is 19.5 Å². The summed E-state index contributed by atoms with van der Waals surface area (Å²) in [4.78, 5) is 54.9. The minimum Gasteiger partial charge on any atom is -0.790 e. The molecule has 0 radical (unpaired) electrons. The number of anilines is 2. The van der Waals surface area contributed by atoms with Crippen molar-refractivity contribution in [2.45, 2.75) is 24.5 Å². The monoisotopic (exact) mass is 610 g/mol. The molecule has 0 saturated carbocycles. The Labute approximate surface area is 290 Å². The molecule has 180 valence electrons. The number of aromatic nitrogens is 4. The van der Waals surface area contributed by atoms with Crippen molar-refractivity contribution < 1.29 is 180 Å². The molecule has 1 aliphatic rings. The maximum Gasteiger partial charge on any atom is 1.00 e. The SMILES string of the molecule is Nc1nc(N)c2ncn([C@@H]3O[C@H](COP(=O)([O-])OP(=O)([O-])OP(=O)([O-])[O-])[C@@H](O)[C@H]3O)c2n1.[Na+].[Na+].[Na+].[Na+]. The number of hydrogen-bond donors (Lipinski definition) is 4. The van der Waals surface area contributed by atoms with Crippen LogP contribution >= 0.6 is 23.5 Å². The van der Waals surface area contributed by atoms with E-state index in [4.69, 9.17) is 16.2 Å². The van der Waals surface area contributed by atoms with Crippen LogP contribution < -0.4 is 149 Å².